The van der Waals surface area contributed by atoms with E-state index in [1.807, 2.05) is 42.5 Å². The normalized spacial score (nSPS) is 11.9. The van der Waals surface area contributed by atoms with E-state index in [1.54, 1.807) is 6.07 Å². The lowest BCUT2D eigenvalue weighted by atomic mass is 9.78. The number of furan rings is 1. The number of hydrogen-bond donors (Lipinski definition) is 2. The van der Waals surface area contributed by atoms with Crippen molar-refractivity contribution in [2.75, 3.05) is 5.32 Å². The number of alkyl halides is 3. The monoisotopic (exact) mass is 673 g/mol. The molecule has 2 amide bonds. The zero-order valence-corrected chi connectivity index (χ0v) is 26.3. The first kappa shape index (κ1) is 32.5. The second-order valence-electron chi connectivity index (χ2n) is 11.4. The van der Waals surface area contributed by atoms with Gasteiger partial charge in [0.15, 0.2) is 5.76 Å². The molecule has 7 nitrogen and oxygen atoms in total. The van der Waals surface area contributed by atoms with E-state index in [9.17, 15) is 27.2 Å². The molecule has 3 heterocycles. The second-order valence-corrected chi connectivity index (χ2v) is 12.4. The number of nitrogens with two attached hydrogens (primary N) is 1. The van der Waals surface area contributed by atoms with E-state index in [0.29, 0.717) is 22.8 Å². The van der Waals surface area contributed by atoms with E-state index in [0.717, 1.165) is 23.8 Å². The highest BCUT2D eigenvalue weighted by Crippen LogP contribution is 2.44. The number of anilines is 1. The number of rotatable bonds is 9. The molecule has 244 valence electrons. The Bertz CT molecular complexity index is 2120. The van der Waals surface area contributed by atoms with Crippen LogP contribution in [0.25, 0.3) is 21.3 Å². The van der Waals surface area contributed by atoms with Crippen LogP contribution in [-0.2, 0) is 18.2 Å². The van der Waals surface area contributed by atoms with Gasteiger partial charge in [0.05, 0.1) is 5.69 Å². The number of ether oxygens (including phenoxy) is 1. The highest BCUT2D eigenvalue weighted by Gasteiger charge is 2.35. The van der Waals surface area contributed by atoms with E-state index in [4.69, 9.17) is 14.9 Å². The van der Waals surface area contributed by atoms with Crippen LogP contribution in [0, 0.1) is 5.82 Å². The van der Waals surface area contributed by atoms with Gasteiger partial charge >= 0.3 is 6.18 Å². The summed E-state index contributed by atoms with van der Waals surface area (Å²) < 4.78 is 66.6. The number of pyridine rings is 1. The third-order valence-electron chi connectivity index (χ3n) is 7.91. The molecule has 6 rings (SSSR count). The minimum Gasteiger partial charge on any atom is -0.486 e. The molecule has 3 aromatic heterocycles. The highest BCUT2D eigenvalue weighted by molar-refractivity contribution is 7.21. The second kappa shape index (κ2) is 12.6. The van der Waals surface area contributed by atoms with Crippen LogP contribution in [0.2, 0.25) is 0 Å². The Labute approximate surface area is 276 Å². The van der Waals surface area contributed by atoms with Crippen LogP contribution >= 0.6 is 11.3 Å². The molecule has 0 radical (unpaired) electrons. The Hall–Kier alpha value is -5.49. The first-order valence-corrected chi connectivity index (χ1v) is 15.4. The summed E-state index contributed by atoms with van der Waals surface area (Å²) in [6.07, 6.45) is -4.82. The summed E-state index contributed by atoms with van der Waals surface area (Å²) in [6, 6.07) is 26.3. The molecule has 0 fully saturated rings. The SMILES string of the molecule is CC(C)(c1ccccc1)c1ccc(OCc2ccc(C(=O)Nc3c(C(N)=O)sc4nc(C(F)(F)F)cc(-c5ccc(F)cc5)c34)o2)cc1. The number of carbonyl (C=O) groups is 2. The lowest BCUT2D eigenvalue weighted by molar-refractivity contribution is -0.140. The summed E-state index contributed by atoms with van der Waals surface area (Å²) in [4.78, 5) is 29.0. The third kappa shape index (κ3) is 6.52. The molecule has 6 aromatic rings. The maximum atomic E-state index is 13.8. The zero-order chi connectivity index (χ0) is 34.2. The summed E-state index contributed by atoms with van der Waals surface area (Å²) in [7, 11) is 0. The van der Waals surface area contributed by atoms with Gasteiger partial charge in [-0.05, 0) is 64.7 Å². The van der Waals surface area contributed by atoms with Crippen LogP contribution in [0.4, 0.5) is 23.2 Å². The Morgan fingerprint density at radius 2 is 1.58 bits per heavy atom. The Kier molecular flexibility index (Phi) is 8.52. The molecule has 3 N–H and O–H groups in total. The molecule has 0 spiro atoms. The Balaban J connectivity index is 1.24. The summed E-state index contributed by atoms with van der Waals surface area (Å²) in [6.45, 7) is 4.28. The number of aromatic nitrogens is 1. The molecule has 0 unspecified atom stereocenters. The van der Waals surface area contributed by atoms with Crippen molar-refractivity contribution < 1.29 is 36.3 Å². The molecular formula is C36H27F4N3O4S. The largest absolute Gasteiger partial charge is 0.486 e. The van der Waals surface area contributed by atoms with E-state index < -0.39 is 29.5 Å². The molecule has 12 heteroatoms. The minimum atomic E-state index is -4.82. The van der Waals surface area contributed by atoms with Crippen molar-refractivity contribution in [1.82, 2.24) is 4.98 Å². The molecule has 0 atom stereocenters. The van der Waals surface area contributed by atoms with Gasteiger partial charge in [-0.3, -0.25) is 9.59 Å². The maximum absolute atomic E-state index is 13.8. The maximum Gasteiger partial charge on any atom is 0.433 e. The zero-order valence-electron chi connectivity index (χ0n) is 25.5. The van der Waals surface area contributed by atoms with Gasteiger partial charge in [0.1, 0.15) is 39.3 Å². The van der Waals surface area contributed by atoms with Crippen molar-refractivity contribution in [3.63, 3.8) is 0 Å². The molecule has 3 aromatic carbocycles. The van der Waals surface area contributed by atoms with Crippen molar-refractivity contribution in [3.05, 3.63) is 136 Å². The van der Waals surface area contributed by atoms with Gasteiger partial charge in [-0.1, -0.05) is 68.4 Å². The molecular weight excluding hydrogens is 646 g/mol. The average Bonchev–Trinajstić information content (AvgIpc) is 3.69. The first-order valence-electron chi connectivity index (χ1n) is 14.6. The highest BCUT2D eigenvalue weighted by atomic mass is 32.1. The Morgan fingerprint density at radius 3 is 2.23 bits per heavy atom. The number of primary amides is 1. The molecule has 0 aliphatic rings. The van der Waals surface area contributed by atoms with Gasteiger partial charge in [-0.15, -0.1) is 11.3 Å². The average molecular weight is 674 g/mol. The van der Waals surface area contributed by atoms with Crippen LogP contribution < -0.4 is 15.8 Å². The minimum absolute atomic E-state index is 0.00146. The lowest BCUT2D eigenvalue weighted by Gasteiger charge is -2.26. The van der Waals surface area contributed by atoms with Gasteiger partial charge in [0.25, 0.3) is 11.8 Å². The predicted molar refractivity (Wildman–Crippen MR) is 175 cm³/mol. The van der Waals surface area contributed by atoms with Crippen molar-refractivity contribution in [2.45, 2.75) is 32.0 Å². The molecule has 0 aliphatic carbocycles. The number of fused-ring (bicyclic) bond motifs is 1. The molecule has 0 aliphatic heterocycles. The Morgan fingerprint density at radius 1 is 0.917 bits per heavy atom. The van der Waals surface area contributed by atoms with Crippen molar-refractivity contribution in [1.29, 1.82) is 0 Å². The van der Waals surface area contributed by atoms with Crippen LogP contribution in [-0.4, -0.2) is 16.8 Å². The number of hydrogen-bond acceptors (Lipinski definition) is 6. The summed E-state index contributed by atoms with van der Waals surface area (Å²) in [5.41, 5.74) is 6.43. The van der Waals surface area contributed by atoms with Crippen LogP contribution in [0.15, 0.2) is 101 Å². The number of carbonyl (C=O) groups excluding carboxylic acids is 2. The molecule has 0 saturated carbocycles. The standard InChI is InChI=1S/C36H27F4N3O4S/c1-35(2,21-6-4-3-5-7-21)22-10-14-24(15-11-22)46-19-25-16-17-27(47-25)33(45)43-30-29-26(20-8-12-23(37)13-9-20)18-28(36(38,39)40)42-34(29)48-31(30)32(41)44/h3-18H,19H2,1-2H3,(H2,41,44)(H,43,45). The van der Waals surface area contributed by atoms with Crippen LogP contribution in [0.1, 0.15) is 56.7 Å². The summed E-state index contributed by atoms with van der Waals surface area (Å²) in [5.74, 6) is -1.62. The predicted octanol–water partition coefficient (Wildman–Crippen LogP) is 8.97. The van der Waals surface area contributed by atoms with Crippen LogP contribution in [0.3, 0.4) is 0 Å². The topological polar surface area (TPSA) is 107 Å². The summed E-state index contributed by atoms with van der Waals surface area (Å²) in [5, 5.41) is 2.61. The first-order chi connectivity index (χ1) is 22.8. The number of thiophene rings is 1. The van der Waals surface area contributed by atoms with E-state index in [1.165, 1.54) is 23.8 Å². The number of nitrogens with zero attached hydrogens (tertiary/aromatic N) is 1. The van der Waals surface area contributed by atoms with E-state index in [-0.39, 0.29) is 49.7 Å². The lowest BCUT2D eigenvalue weighted by Crippen LogP contribution is -2.18. The van der Waals surface area contributed by atoms with Crippen LogP contribution in [0.5, 0.6) is 5.75 Å². The van der Waals surface area contributed by atoms with Crippen molar-refractivity contribution in [3.8, 4) is 16.9 Å². The fraction of sp³-hybridized carbons (Fsp3) is 0.139. The molecule has 0 bridgehead atoms. The number of amides is 2. The molecule has 0 saturated heterocycles. The van der Waals surface area contributed by atoms with Gasteiger partial charge in [-0.25, -0.2) is 9.37 Å². The quantitative estimate of drug-likeness (QED) is 0.149. The number of nitrogens with one attached hydrogen (secondary N) is 1. The van der Waals surface area contributed by atoms with E-state index >= 15 is 0 Å². The summed E-state index contributed by atoms with van der Waals surface area (Å²) >= 11 is 0.598. The van der Waals surface area contributed by atoms with Gasteiger partial charge in [0.2, 0.25) is 0 Å². The fourth-order valence-corrected chi connectivity index (χ4v) is 6.30. The number of halogens is 4. The van der Waals surface area contributed by atoms with Gasteiger partial charge in [-0.2, -0.15) is 13.2 Å². The van der Waals surface area contributed by atoms with Gasteiger partial charge < -0.3 is 20.2 Å². The molecule has 48 heavy (non-hydrogen) atoms. The van der Waals surface area contributed by atoms with E-state index in [2.05, 4.69) is 36.3 Å². The van der Waals surface area contributed by atoms with Gasteiger partial charge in [0, 0.05) is 10.8 Å². The smallest absolute Gasteiger partial charge is 0.433 e. The fourth-order valence-electron chi connectivity index (χ4n) is 5.29. The van der Waals surface area contributed by atoms with Crippen molar-refractivity contribution >= 4 is 39.1 Å². The third-order valence-corrected chi connectivity index (χ3v) is 9.01. The number of benzene rings is 3. The van der Waals surface area contributed by atoms with Crippen molar-refractivity contribution in [2.24, 2.45) is 5.73 Å².